The number of benzene rings is 1. The molecule has 1 rings (SSSR count). The molecular formula is C13H18O2. The van der Waals surface area contributed by atoms with Crippen molar-refractivity contribution in [3.05, 3.63) is 35.4 Å². The zero-order valence-electron chi connectivity index (χ0n) is 9.47. The lowest BCUT2D eigenvalue weighted by Gasteiger charge is -2.14. The van der Waals surface area contributed by atoms with E-state index < -0.39 is 6.10 Å². The molecule has 1 aromatic carbocycles. The lowest BCUT2D eigenvalue weighted by atomic mass is 9.95. The van der Waals surface area contributed by atoms with E-state index in [1.165, 1.54) is 5.56 Å². The molecule has 0 saturated carbocycles. The van der Waals surface area contributed by atoms with E-state index in [1.807, 2.05) is 24.3 Å². The van der Waals surface area contributed by atoms with Crippen LogP contribution in [0, 0.1) is 5.92 Å². The van der Waals surface area contributed by atoms with Gasteiger partial charge in [-0.15, -0.1) is 0 Å². The van der Waals surface area contributed by atoms with Gasteiger partial charge in [0.2, 0.25) is 0 Å². The molecule has 0 amide bonds. The SMILES string of the molecule is CC(C)c1ccc(C(O)C(C)C=O)cc1. The second-order valence-electron chi connectivity index (χ2n) is 4.26. The van der Waals surface area contributed by atoms with Crippen molar-refractivity contribution in [2.45, 2.75) is 32.8 Å². The van der Waals surface area contributed by atoms with Gasteiger partial charge in [0.05, 0.1) is 6.10 Å². The van der Waals surface area contributed by atoms with Crippen LogP contribution in [0.15, 0.2) is 24.3 Å². The number of aliphatic hydroxyl groups excluding tert-OH is 1. The molecule has 2 nitrogen and oxygen atoms in total. The maximum absolute atomic E-state index is 10.5. The molecule has 2 heteroatoms. The Morgan fingerprint density at radius 3 is 1.93 bits per heavy atom. The maximum atomic E-state index is 10.5. The molecule has 0 aliphatic rings. The van der Waals surface area contributed by atoms with Gasteiger partial charge in [0.25, 0.3) is 0 Å². The summed E-state index contributed by atoms with van der Waals surface area (Å²) in [7, 11) is 0. The van der Waals surface area contributed by atoms with Gasteiger partial charge >= 0.3 is 0 Å². The van der Waals surface area contributed by atoms with Crippen molar-refractivity contribution >= 4 is 6.29 Å². The second kappa shape index (κ2) is 5.08. The van der Waals surface area contributed by atoms with E-state index in [0.717, 1.165) is 11.8 Å². The van der Waals surface area contributed by atoms with E-state index in [1.54, 1.807) is 6.92 Å². The molecule has 2 atom stereocenters. The van der Waals surface area contributed by atoms with Crippen LogP contribution in [0.2, 0.25) is 0 Å². The van der Waals surface area contributed by atoms with Gasteiger partial charge in [0, 0.05) is 5.92 Å². The molecule has 2 unspecified atom stereocenters. The minimum Gasteiger partial charge on any atom is -0.388 e. The quantitative estimate of drug-likeness (QED) is 0.769. The van der Waals surface area contributed by atoms with Crippen LogP contribution in [-0.2, 0) is 4.79 Å². The van der Waals surface area contributed by atoms with E-state index in [4.69, 9.17) is 0 Å². The molecule has 0 aromatic heterocycles. The highest BCUT2D eigenvalue weighted by atomic mass is 16.3. The number of aliphatic hydroxyl groups is 1. The van der Waals surface area contributed by atoms with Crippen molar-refractivity contribution in [1.82, 2.24) is 0 Å². The standard InChI is InChI=1S/C13H18O2/c1-9(2)11-4-6-12(7-5-11)13(15)10(3)8-14/h4-10,13,15H,1-3H3. The fourth-order valence-electron chi connectivity index (χ4n) is 1.46. The topological polar surface area (TPSA) is 37.3 Å². The average molecular weight is 206 g/mol. The van der Waals surface area contributed by atoms with E-state index in [-0.39, 0.29) is 5.92 Å². The highest BCUT2D eigenvalue weighted by Gasteiger charge is 2.15. The summed E-state index contributed by atoms with van der Waals surface area (Å²) in [6.45, 7) is 5.97. The van der Waals surface area contributed by atoms with Gasteiger partial charge in [0.15, 0.2) is 0 Å². The first kappa shape index (κ1) is 11.9. The van der Waals surface area contributed by atoms with Gasteiger partial charge in [-0.25, -0.2) is 0 Å². The number of rotatable bonds is 4. The molecule has 0 fully saturated rings. The third-order valence-electron chi connectivity index (χ3n) is 2.66. The van der Waals surface area contributed by atoms with Gasteiger partial charge in [-0.3, -0.25) is 0 Å². The van der Waals surface area contributed by atoms with Crippen molar-refractivity contribution in [1.29, 1.82) is 0 Å². The Hall–Kier alpha value is -1.15. The fraction of sp³-hybridized carbons (Fsp3) is 0.462. The Balaban J connectivity index is 2.84. The van der Waals surface area contributed by atoms with E-state index in [0.29, 0.717) is 5.92 Å². The van der Waals surface area contributed by atoms with Gasteiger partial charge in [-0.1, -0.05) is 45.0 Å². The molecular weight excluding hydrogens is 188 g/mol. The molecule has 15 heavy (non-hydrogen) atoms. The van der Waals surface area contributed by atoms with Gasteiger partial charge < -0.3 is 9.90 Å². The van der Waals surface area contributed by atoms with E-state index in [9.17, 15) is 9.90 Å². The number of carbonyl (C=O) groups is 1. The maximum Gasteiger partial charge on any atom is 0.125 e. The number of carbonyl (C=O) groups excluding carboxylic acids is 1. The van der Waals surface area contributed by atoms with Crippen molar-refractivity contribution in [2.24, 2.45) is 5.92 Å². The zero-order chi connectivity index (χ0) is 11.4. The summed E-state index contributed by atoms with van der Waals surface area (Å²) in [5.74, 6) is 0.134. The summed E-state index contributed by atoms with van der Waals surface area (Å²) in [5.41, 5.74) is 2.05. The minimum atomic E-state index is -0.691. The smallest absolute Gasteiger partial charge is 0.125 e. The molecule has 0 aliphatic carbocycles. The first-order valence-corrected chi connectivity index (χ1v) is 5.29. The number of aldehydes is 1. The van der Waals surface area contributed by atoms with Crippen molar-refractivity contribution in [2.75, 3.05) is 0 Å². The Morgan fingerprint density at radius 1 is 1.07 bits per heavy atom. The number of hydrogen-bond acceptors (Lipinski definition) is 2. The van der Waals surface area contributed by atoms with Crippen LogP contribution in [-0.4, -0.2) is 11.4 Å². The molecule has 1 N–H and O–H groups in total. The zero-order valence-corrected chi connectivity index (χ0v) is 9.47. The van der Waals surface area contributed by atoms with Crippen molar-refractivity contribution in [3.8, 4) is 0 Å². The summed E-state index contributed by atoms with van der Waals surface area (Å²) < 4.78 is 0. The van der Waals surface area contributed by atoms with Crippen LogP contribution in [0.1, 0.15) is 43.9 Å². The largest absolute Gasteiger partial charge is 0.388 e. The Kier molecular flexibility index (Phi) is 4.04. The van der Waals surface area contributed by atoms with Crippen molar-refractivity contribution < 1.29 is 9.90 Å². The normalized spacial score (nSPS) is 15.0. The molecule has 0 saturated heterocycles. The second-order valence-corrected chi connectivity index (χ2v) is 4.26. The fourth-order valence-corrected chi connectivity index (χ4v) is 1.46. The summed E-state index contributed by atoms with van der Waals surface area (Å²) in [6.07, 6.45) is 0.0878. The van der Waals surface area contributed by atoms with Crippen LogP contribution >= 0.6 is 0 Å². The summed E-state index contributed by atoms with van der Waals surface area (Å²) >= 11 is 0. The molecule has 82 valence electrons. The van der Waals surface area contributed by atoms with Crippen LogP contribution in [0.25, 0.3) is 0 Å². The number of hydrogen-bond donors (Lipinski definition) is 1. The highest BCUT2D eigenvalue weighted by molar-refractivity contribution is 5.54. The Bertz CT molecular complexity index is 314. The molecule has 1 aromatic rings. The third-order valence-corrected chi connectivity index (χ3v) is 2.66. The molecule has 0 radical (unpaired) electrons. The monoisotopic (exact) mass is 206 g/mol. The summed E-state index contributed by atoms with van der Waals surface area (Å²) in [4.78, 5) is 10.5. The van der Waals surface area contributed by atoms with Gasteiger partial charge in [-0.05, 0) is 17.0 Å². The Morgan fingerprint density at radius 2 is 1.53 bits per heavy atom. The van der Waals surface area contributed by atoms with Gasteiger partial charge in [0.1, 0.15) is 6.29 Å². The predicted octanol–water partition coefficient (Wildman–Crippen LogP) is 2.68. The summed E-state index contributed by atoms with van der Waals surface area (Å²) in [6, 6.07) is 7.78. The summed E-state index contributed by atoms with van der Waals surface area (Å²) in [5, 5.41) is 9.79. The lowest BCUT2D eigenvalue weighted by Crippen LogP contribution is -2.10. The third kappa shape index (κ3) is 2.90. The highest BCUT2D eigenvalue weighted by Crippen LogP contribution is 2.22. The molecule has 0 spiro atoms. The Labute approximate surface area is 90.9 Å². The van der Waals surface area contributed by atoms with E-state index in [2.05, 4.69) is 13.8 Å². The van der Waals surface area contributed by atoms with Crippen molar-refractivity contribution in [3.63, 3.8) is 0 Å². The van der Waals surface area contributed by atoms with Crippen LogP contribution < -0.4 is 0 Å². The van der Waals surface area contributed by atoms with E-state index >= 15 is 0 Å². The molecule has 0 heterocycles. The van der Waals surface area contributed by atoms with Crippen LogP contribution in [0.3, 0.4) is 0 Å². The van der Waals surface area contributed by atoms with Gasteiger partial charge in [-0.2, -0.15) is 0 Å². The average Bonchev–Trinajstić information content (AvgIpc) is 2.27. The predicted molar refractivity (Wildman–Crippen MR) is 60.7 cm³/mol. The van der Waals surface area contributed by atoms with Crippen LogP contribution in [0.5, 0.6) is 0 Å². The minimum absolute atomic E-state index is 0.352. The lowest BCUT2D eigenvalue weighted by molar-refractivity contribution is -0.113. The first-order chi connectivity index (χ1) is 7.06. The van der Waals surface area contributed by atoms with Crippen LogP contribution in [0.4, 0.5) is 0 Å². The molecule has 0 bridgehead atoms. The first-order valence-electron chi connectivity index (χ1n) is 5.29. The molecule has 0 aliphatic heterocycles.